The number of halogens is 1. The average Bonchev–Trinajstić information content (AvgIpc) is 2.70. The summed E-state index contributed by atoms with van der Waals surface area (Å²) in [6.45, 7) is 5.45. The van der Waals surface area contributed by atoms with Gasteiger partial charge in [0.05, 0.1) is 19.3 Å². The minimum absolute atomic E-state index is 0.0681. The zero-order valence-electron chi connectivity index (χ0n) is 16.1. The fraction of sp³-hybridized carbons (Fsp3) is 0.381. The summed E-state index contributed by atoms with van der Waals surface area (Å²) < 4.78 is 11.0. The molecule has 0 bridgehead atoms. The van der Waals surface area contributed by atoms with Crippen molar-refractivity contribution in [1.29, 1.82) is 0 Å². The molecule has 0 aromatic heterocycles. The Morgan fingerprint density at radius 2 is 1.79 bits per heavy atom. The first-order valence-electron chi connectivity index (χ1n) is 9.40. The van der Waals surface area contributed by atoms with Crippen LogP contribution in [0.2, 0.25) is 5.02 Å². The Balaban J connectivity index is 1.38. The number of rotatable bonds is 8. The summed E-state index contributed by atoms with van der Waals surface area (Å²) >= 11 is 6.01. The van der Waals surface area contributed by atoms with Gasteiger partial charge in [-0.2, -0.15) is 0 Å². The van der Waals surface area contributed by atoms with Gasteiger partial charge in [-0.15, -0.1) is 0 Å². The molecule has 1 heterocycles. The first-order chi connectivity index (χ1) is 13.6. The molecule has 0 spiro atoms. The van der Waals surface area contributed by atoms with Crippen molar-refractivity contribution in [3.8, 4) is 11.5 Å². The lowest BCUT2D eigenvalue weighted by atomic mass is 10.2. The number of nitrogens with one attached hydrogen (secondary N) is 1. The van der Waals surface area contributed by atoms with Crippen LogP contribution in [0.1, 0.15) is 0 Å². The lowest BCUT2D eigenvalue weighted by Gasteiger charge is -2.34. The van der Waals surface area contributed by atoms with E-state index in [0.29, 0.717) is 29.6 Å². The standard InChI is InChI=1S/C21H26ClN3O3/c1-27-20-8-7-17(22)15-19(20)23-21(26)16-25-11-9-24(10-12-25)13-14-28-18-5-3-2-4-6-18/h2-8,15H,9-14,16H2,1H3,(H,23,26). The van der Waals surface area contributed by atoms with E-state index in [1.165, 1.54) is 0 Å². The minimum Gasteiger partial charge on any atom is -0.495 e. The van der Waals surface area contributed by atoms with Gasteiger partial charge < -0.3 is 14.8 Å². The summed E-state index contributed by atoms with van der Waals surface area (Å²) in [6, 6.07) is 15.0. The molecule has 0 atom stereocenters. The fourth-order valence-corrected chi connectivity index (χ4v) is 3.32. The molecule has 28 heavy (non-hydrogen) atoms. The van der Waals surface area contributed by atoms with E-state index in [2.05, 4.69) is 15.1 Å². The lowest BCUT2D eigenvalue weighted by Crippen LogP contribution is -2.49. The first-order valence-corrected chi connectivity index (χ1v) is 9.78. The summed E-state index contributed by atoms with van der Waals surface area (Å²) in [7, 11) is 1.57. The van der Waals surface area contributed by atoms with Crippen LogP contribution in [0.15, 0.2) is 48.5 Å². The number of anilines is 1. The molecule has 0 saturated carbocycles. The van der Waals surface area contributed by atoms with E-state index in [1.54, 1.807) is 25.3 Å². The lowest BCUT2D eigenvalue weighted by molar-refractivity contribution is -0.117. The smallest absolute Gasteiger partial charge is 0.238 e. The van der Waals surface area contributed by atoms with E-state index in [1.807, 2.05) is 30.3 Å². The minimum atomic E-state index is -0.0681. The van der Waals surface area contributed by atoms with Gasteiger partial charge in [-0.3, -0.25) is 14.6 Å². The van der Waals surface area contributed by atoms with Gasteiger partial charge in [-0.1, -0.05) is 29.8 Å². The predicted octanol–water partition coefficient (Wildman–Crippen LogP) is 2.98. The largest absolute Gasteiger partial charge is 0.495 e. The van der Waals surface area contributed by atoms with Crippen LogP contribution in [-0.2, 0) is 4.79 Å². The van der Waals surface area contributed by atoms with Crippen LogP contribution in [0.3, 0.4) is 0 Å². The number of carbonyl (C=O) groups is 1. The number of nitrogens with zero attached hydrogens (tertiary/aromatic N) is 2. The number of hydrogen-bond acceptors (Lipinski definition) is 5. The Kier molecular flexibility index (Phi) is 7.54. The maximum Gasteiger partial charge on any atom is 0.238 e. The van der Waals surface area contributed by atoms with Gasteiger partial charge in [0.15, 0.2) is 0 Å². The number of benzene rings is 2. The highest BCUT2D eigenvalue weighted by atomic mass is 35.5. The second kappa shape index (κ2) is 10.3. The first kappa shape index (κ1) is 20.5. The molecule has 1 aliphatic heterocycles. The third kappa shape index (κ3) is 6.12. The van der Waals surface area contributed by atoms with Crippen LogP contribution in [0.25, 0.3) is 0 Å². The van der Waals surface area contributed by atoms with Gasteiger partial charge >= 0.3 is 0 Å². The van der Waals surface area contributed by atoms with Gasteiger partial charge in [0.25, 0.3) is 0 Å². The van der Waals surface area contributed by atoms with Crippen molar-refractivity contribution in [1.82, 2.24) is 9.80 Å². The highest BCUT2D eigenvalue weighted by Gasteiger charge is 2.19. The Hall–Kier alpha value is -2.28. The molecule has 7 heteroatoms. The number of amides is 1. The van der Waals surface area contributed by atoms with Crippen LogP contribution in [0.5, 0.6) is 11.5 Å². The van der Waals surface area contributed by atoms with Gasteiger partial charge in [-0.25, -0.2) is 0 Å². The maximum absolute atomic E-state index is 12.4. The number of methoxy groups -OCH3 is 1. The molecule has 1 aliphatic rings. The quantitative estimate of drug-likeness (QED) is 0.734. The monoisotopic (exact) mass is 403 g/mol. The second-order valence-electron chi connectivity index (χ2n) is 6.67. The molecule has 1 fully saturated rings. The highest BCUT2D eigenvalue weighted by molar-refractivity contribution is 6.31. The highest BCUT2D eigenvalue weighted by Crippen LogP contribution is 2.27. The van der Waals surface area contributed by atoms with Crippen molar-refractivity contribution in [2.75, 3.05) is 58.3 Å². The molecular formula is C21H26ClN3O3. The number of ether oxygens (including phenoxy) is 2. The van der Waals surface area contributed by atoms with Crippen molar-refractivity contribution < 1.29 is 14.3 Å². The maximum atomic E-state index is 12.4. The van der Waals surface area contributed by atoms with E-state index in [9.17, 15) is 4.79 Å². The van der Waals surface area contributed by atoms with Gasteiger partial charge in [0.2, 0.25) is 5.91 Å². The van der Waals surface area contributed by atoms with Crippen LogP contribution in [0, 0.1) is 0 Å². The Bertz CT molecular complexity index is 765. The van der Waals surface area contributed by atoms with Crippen molar-refractivity contribution in [3.05, 3.63) is 53.6 Å². The van der Waals surface area contributed by atoms with Crippen molar-refractivity contribution in [2.45, 2.75) is 0 Å². The van der Waals surface area contributed by atoms with Gasteiger partial charge in [-0.05, 0) is 30.3 Å². The molecule has 1 saturated heterocycles. The average molecular weight is 404 g/mol. The third-order valence-electron chi connectivity index (χ3n) is 4.69. The summed E-state index contributed by atoms with van der Waals surface area (Å²) in [4.78, 5) is 16.9. The normalized spacial score (nSPS) is 15.2. The predicted molar refractivity (Wildman–Crippen MR) is 111 cm³/mol. The number of hydrogen-bond donors (Lipinski definition) is 1. The molecule has 1 N–H and O–H groups in total. The van der Waals surface area contributed by atoms with Crippen molar-refractivity contribution >= 4 is 23.2 Å². The molecule has 0 unspecified atom stereocenters. The Morgan fingerprint density at radius 1 is 1.07 bits per heavy atom. The van der Waals surface area contributed by atoms with E-state index in [-0.39, 0.29) is 5.91 Å². The molecule has 6 nitrogen and oxygen atoms in total. The third-order valence-corrected chi connectivity index (χ3v) is 4.92. The molecule has 150 valence electrons. The Labute approximate surface area is 171 Å². The zero-order chi connectivity index (χ0) is 19.8. The van der Waals surface area contributed by atoms with Crippen LogP contribution in [0.4, 0.5) is 5.69 Å². The summed E-state index contributed by atoms with van der Waals surface area (Å²) in [5, 5.41) is 3.45. The van der Waals surface area contributed by atoms with Gasteiger partial charge in [0.1, 0.15) is 18.1 Å². The summed E-state index contributed by atoms with van der Waals surface area (Å²) in [5.74, 6) is 1.43. The zero-order valence-corrected chi connectivity index (χ0v) is 16.8. The van der Waals surface area contributed by atoms with Crippen LogP contribution < -0.4 is 14.8 Å². The molecule has 0 radical (unpaired) electrons. The number of carbonyl (C=O) groups excluding carboxylic acids is 1. The number of para-hydroxylation sites is 1. The molecule has 2 aromatic rings. The molecule has 1 amide bonds. The van der Waals surface area contributed by atoms with Gasteiger partial charge in [0, 0.05) is 37.7 Å². The Morgan fingerprint density at radius 3 is 2.50 bits per heavy atom. The second-order valence-corrected chi connectivity index (χ2v) is 7.11. The van der Waals surface area contributed by atoms with E-state index in [0.717, 1.165) is 38.5 Å². The van der Waals surface area contributed by atoms with E-state index >= 15 is 0 Å². The van der Waals surface area contributed by atoms with Crippen LogP contribution in [-0.4, -0.2) is 68.7 Å². The van der Waals surface area contributed by atoms with Crippen molar-refractivity contribution in [3.63, 3.8) is 0 Å². The molecule has 2 aromatic carbocycles. The summed E-state index contributed by atoms with van der Waals surface area (Å²) in [5.41, 5.74) is 0.594. The fourth-order valence-electron chi connectivity index (χ4n) is 3.15. The topological polar surface area (TPSA) is 54.0 Å². The molecular weight excluding hydrogens is 378 g/mol. The number of piperazine rings is 1. The molecule has 3 rings (SSSR count). The SMILES string of the molecule is COc1ccc(Cl)cc1NC(=O)CN1CCN(CCOc2ccccc2)CC1. The van der Waals surface area contributed by atoms with E-state index in [4.69, 9.17) is 21.1 Å². The summed E-state index contributed by atoms with van der Waals surface area (Å²) in [6.07, 6.45) is 0. The molecule has 0 aliphatic carbocycles. The van der Waals surface area contributed by atoms with E-state index < -0.39 is 0 Å². The van der Waals surface area contributed by atoms with Crippen molar-refractivity contribution in [2.24, 2.45) is 0 Å². The van der Waals surface area contributed by atoms with Crippen LogP contribution >= 0.6 is 11.6 Å².